The quantitative estimate of drug-likeness (QED) is 0.632. The normalized spacial score (nSPS) is 12.7. The summed E-state index contributed by atoms with van der Waals surface area (Å²) in [4.78, 5) is -2.08. The number of hydrogen-bond donors (Lipinski definition) is 2. The van der Waals surface area contributed by atoms with Crippen molar-refractivity contribution in [1.29, 1.82) is 0 Å². The molecular formula is C12H8Cl4N2O6S2. The van der Waals surface area contributed by atoms with Crippen LogP contribution in [0.1, 0.15) is 0 Å². The van der Waals surface area contributed by atoms with Crippen molar-refractivity contribution in [3.05, 3.63) is 36.4 Å². The molecule has 0 saturated carbocycles. The van der Waals surface area contributed by atoms with Gasteiger partial charge in [-0.15, -0.1) is 0 Å². The Labute approximate surface area is 169 Å². The average molecular weight is 482 g/mol. The molecule has 0 aromatic heterocycles. The summed E-state index contributed by atoms with van der Waals surface area (Å²) in [5.74, 6) is -1.07. The van der Waals surface area contributed by atoms with Crippen LogP contribution in [0.15, 0.2) is 46.2 Å². The molecule has 0 amide bonds. The van der Waals surface area contributed by atoms with Crippen LogP contribution in [0.5, 0.6) is 11.5 Å². The van der Waals surface area contributed by atoms with Crippen molar-refractivity contribution in [3.63, 3.8) is 0 Å². The van der Waals surface area contributed by atoms with E-state index < -0.39 is 35.6 Å². The third kappa shape index (κ3) is 3.82. The molecule has 0 radical (unpaired) electrons. The van der Waals surface area contributed by atoms with Gasteiger partial charge in [0.15, 0.2) is 0 Å². The van der Waals surface area contributed by atoms with E-state index in [0.717, 1.165) is 12.1 Å². The number of phenolic OH excluding ortho intramolecular Hbond substituents is 2. The first-order valence-electron chi connectivity index (χ1n) is 6.30. The lowest BCUT2D eigenvalue weighted by molar-refractivity contribution is 0.452. The molecule has 2 rings (SSSR count). The van der Waals surface area contributed by atoms with E-state index in [0.29, 0.717) is 0 Å². The van der Waals surface area contributed by atoms with Crippen LogP contribution in [0.4, 0.5) is 0 Å². The molecule has 2 N–H and O–H groups in total. The maximum Gasteiger partial charge on any atom is 0.275 e. The Hall–Kier alpha value is -0.980. The van der Waals surface area contributed by atoms with E-state index in [1.807, 2.05) is 0 Å². The van der Waals surface area contributed by atoms with E-state index in [1.54, 1.807) is 0 Å². The molecule has 0 spiro atoms. The minimum Gasteiger partial charge on any atom is -0.508 e. The number of hydrogen-bond acceptors (Lipinski definition) is 6. The summed E-state index contributed by atoms with van der Waals surface area (Å²) in [6.07, 6.45) is 0. The highest BCUT2D eigenvalue weighted by atomic mass is 35.6. The molecule has 0 bridgehead atoms. The van der Waals surface area contributed by atoms with Gasteiger partial charge in [-0.25, -0.2) is 16.8 Å². The largest absolute Gasteiger partial charge is 0.508 e. The molecule has 0 unspecified atom stereocenters. The highest BCUT2D eigenvalue weighted by Gasteiger charge is 2.38. The maximum absolute atomic E-state index is 12.6. The highest BCUT2D eigenvalue weighted by molar-refractivity contribution is 7.94. The second kappa shape index (κ2) is 7.56. The van der Waals surface area contributed by atoms with Gasteiger partial charge in [0.25, 0.3) is 20.0 Å². The lowest BCUT2D eigenvalue weighted by Gasteiger charge is -2.18. The molecule has 0 fully saturated rings. The van der Waals surface area contributed by atoms with Crippen LogP contribution in [0.25, 0.3) is 11.1 Å². The minimum atomic E-state index is -4.85. The SMILES string of the molecule is O=S(=O)(c1c(O)ccc(-c2ccc(O)cc2)c1S(=O)(=O)N(Cl)Cl)N(Cl)Cl. The first-order valence-corrected chi connectivity index (χ1v) is 10.5. The summed E-state index contributed by atoms with van der Waals surface area (Å²) >= 11 is 21.3. The van der Waals surface area contributed by atoms with Crippen LogP contribution >= 0.6 is 47.1 Å². The second-order valence-electron chi connectivity index (χ2n) is 4.69. The topological polar surface area (TPSA) is 115 Å². The van der Waals surface area contributed by atoms with Gasteiger partial charge in [0, 0.05) is 52.7 Å². The number of nitrogens with zero attached hydrogens (tertiary/aromatic N) is 2. The van der Waals surface area contributed by atoms with Gasteiger partial charge in [-0.1, -0.05) is 12.1 Å². The third-order valence-corrected chi connectivity index (χ3v) is 8.05. The number of aromatic hydroxyl groups is 2. The minimum absolute atomic E-state index is 0.117. The van der Waals surface area contributed by atoms with E-state index in [9.17, 15) is 27.0 Å². The number of benzene rings is 2. The molecule has 0 heterocycles. The Morgan fingerprint density at radius 2 is 1.15 bits per heavy atom. The van der Waals surface area contributed by atoms with Gasteiger partial charge < -0.3 is 10.2 Å². The molecule has 2 aromatic carbocycles. The Kier molecular flexibility index (Phi) is 6.20. The summed E-state index contributed by atoms with van der Waals surface area (Å²) in [5.41, 5.74) is -0.0217. The Morgan fingerprint density at radius 3 is 1.62 bits per heavy atom. The fraction of sp³-hybridized carbons (Fsp3) is 0. The van der Waals surface area contributed by atoms with Crippen molar-refractivity contribution >= 4 is 67.2 Å². The first-order chi connectivity index (χ1) is 11.9. The monoisotopic (exact) mass is 480 g/mol. The molecule has 2 aromatic rings. The predicted octanol–water partition coefficient (Wildman–Crippen LogP) is 3.36. The summed E-state index contributed by atoms with van der Waals surface area (Å²) in [7, 11) is -9.67. The first kappa shape index (κ1) is 21.3. The fourth-order valence-electron chi connectivity index (χ4n) is 2.06. The molecule has 8 nitrogen and oxygen atoms in total. The van der Waals surface area contributed by atoms with Gasteiger partial charge in [0.2, 0.25) is 0 Å². The van der Waals surface area contributed by atoms with Crippen molar-refractivity contribution in [2.24, 2.45) is 0 Å². The van der Waals surface area contributed by atoms with E-state index in [4.69, 9.17) is 47.1 Å². The number of phenols is 2. The molecule has 0 aliphatic carbocycles. The second-order valence-corrected chi connectivity index (χ2v) is 10.6. The Bertz CT molecular complexity index is 1040. The van der Waals surface area contributed by atoms with E-state index in [1.165, 1.54) is 24.3 Å². The van der Waals surface area contributed by atoms with Gasteiger partial charge in [-0.2, -0.15) is 0 Å². The average Bonchev–Trinajstić information content (AvgIpc) is 2.54. The van der Waals surface area contributed by atoms with E-state index in [-0.39, 0.29) is 23.6 Å². The van der Waals surface area contributed by atoms with Crippen LogP contribution < -0.4 is 0 Å². The molecule has 0 saturated heterocycles. The van der Waals surface area contributed by atoms with Crippen molar-refractivity contribution in [3.8, 4) is 22.6 Å². The zero-order valence-corrected chi connectivity index (χ0v) is 16.9. The maximum atomic E-state index is 12.6. The van der Waals surface area contributed by atoms with Crippen molar-refractivity contribution < 1.29 is 27.0 Å². The molecule has 14 heteroatoms. The molecule has 26 heavy (non-hydrogen) atoms. The van der Waals surface area contributed by atoms with Gasteiger partial charge >= 0.3 is 0 Å². The van der Waals surface area contributed by atoms with Crippen molar-refractivity contribution in [2.45, 2.75) is 9.79 Å². The van der Waals surface area contributed by atoms with Crippen LogP contribution in [-0.2, 0) is 20.0 Å². The molecule has 0 aliphatic rings. The number of sulfonamides is 2. The van der Waals surface area contributed by atoms with E-state index >= 15 is 0 Å². The summed E-state index contributed by atoms with van der Waals surface area (Å²) in [6.45, 7) is 0. The lowest BCUT2D eigenvalue weighted by atomic mass is 10.1. The van der Waals surface area contributed by atoms with Crippen LogP contribution in [0.2, 0.25) is 0 Å². The summed E-state index contributed by atoms with van der Waals surface area (Å²) in [5, 5.41) is 19.4. The fourth-order valence-corrected chi connectivity index (χ4v) is 5.28. The summed E-state index contributed by atoms with van der Waals surface area (Å²) in [6, 6.07) is 7.14. The van der Waals surface area contributed by atoms with Crippen molar-refractivity contribution in [2.75, 3.05) is 0 Å². The molecule has 0 aliphatic heterocycles. The Morgan fingerprint density at radius 1 is 0.692 bits per heavy atom. The summed E-state index contributed by atoms with van der Waals surface area (Å²) < 4.78 is 49.3. The predicted molar refractivity (Wildman–Crippen MR) is 96.7 cm³/mol. The van der Waals surface area contributed by atoms with E-state index in [2.05, 4.69) is 0 Å². The van der Waals surface area contributed by atoms with Gasteiger partial charge in [0.05, 0.1) is 0 Å². The van der Waals surface area contributed by atoms with Gasteiger partial charge in [0.1, 0.15) is 21.3 Å². The van der Waals surface area contributed by atoms with Crippen LogP contribution in [0.3, 0.4) is 0 Å². The number of rotatable bonds is 5. The van der Waals surface area contributed by atoms with Gasteiger partial charge in [-0.05, 0) is 36.5 Å². The highest BCUT2D eigenvalue weighted by Crippen LogP contribution is 2.42. The van der Waals surface area contributed by atoms with Gasteiger partial charge in [-0.3, -0.25) is 0 Å². The Balaban J connectivity index is 3.03. The number of halogens is 4. The zero-order chi connectivity index (χ0) is 19.9. The van der Waals surface area contributed by atoms with Crippen molar-refractivity contribution in [1.82, 2.24) is 6.69 Å². The molecular weight excluding hydrogens is 474 g/mol. The lowest BCUT2D eigenvalue weighted by Crippen LogP contribution is -2.21. The third-order valence-electron chi connectivity index (χ3n) is 3.15. The van der Waals surface area contributed by atoms with Crippen LogP contribution in [0, 0.1) is 0 Å². The standard InChI is InChI=1S/C12H8Cl4N2O6S2/c13-17(14)25(21,22)11-9(7-1-3-8(19)4-2-7)5-6-10(20)12(11)26(23,24)18(15)16/h1-6,19-20H. The molecule has 142 valence electrons. The molecule has 0 atom stereocenters. The smallest absolute Gasteiger partial charge is 0.275 e. The zero-order valence-electron chi connectivity index (χ0n) is 12.2. The van der Waals surface area contributed by atoms with Crippen LogP contribution in [-0.4, -0.2) is 33.7 Å².